The summed E-state index contributed by atoms with van der Waals surface area (Å²) in [5, 5.41) is 9.43. The van der Waals surface area contributed by atoms with E-state index in [0.29, 0.717) is 5.56 Å². The van der Waals surface area contributed by atoms with Crippen molar-refractivity contribution in [3.63, 3.8) is 0 Å². The van der Waals surface area contributed by atoms with Crippen molar-refractivity contribution in [2.75, 3.05) is 0 Å². The Morgan fingerprint density at radius 1 is 0.545 bits per heavy atom. The van der Waals surface area contributed by atoms with E-state index in [4.69, 9.17) is 0 Å². The van der Waals surface area contributed by atoms with Crippen LogP contribution in [-0.4, -0.2) is 4.98 Å². The fourth-order valence-electron chi connectivity index (χ4n) is 4.55. The highest BCUT2D eigenvalue weighted by Crippen LogP contribution is 2.49. The van der Waals surface area contributed by atoms with Gasteiger partial charge in [-0.1, -0.05) is 91.0 Å². The van der Waals surface area contributed by atoms with Crippen LogP contribution >= 0.6 is 0 Å². The van der Waals surface area contributed by atoms with E-state index in [1.165, 1.54) is 27.8 Å². The third-order valence-corrected chi connectivity index (χ3v) is 5.98. The molecule has 0 atom stereocenters. The smallest absolute Gasteiger partial charge is 0.0991 e. The molecule has 0 aliphatic heterocycles. The normalized spacial score (nSPS) is 11.5. The maximum absolute atomic E-state index is 9.43. The van der Waals surface area contributed by atoms with E-state index >= 15 is 0 Å². The lowest BCUT2D eigenvalue weighted by Gasteiger charge is -2.19. The summed E-state index contributed by atoms with van der Waals surface area (Å²) in [7, 11) is 0. The quantitative estimate of drug-likeness (QED) is 0.290. The minimum absolute atomic E-state index is 0.181. The Morgan fingerprint density at radius 3 is 1.64 bits per heavy atom. The number of hydrogen-bond acceptors (Lipinski definition) is 2. The molecule has 1 aliphatic rings. The molecule has 1 aromatic heterocycles. The van der Waals surface area contributed by atoms with Crippen LogP contribution in [0.2, 0.25) is 0 Å². The first-order chi connectivity index (χ1) is 16.4. The molecule has 0 saturated carbocycles. The average Bonchev–Trinajstić information content (AvgIpc) is 3.24. The lowest BCUT2D eigenvalue weighted by Crippen LogP contribution is -2.02. The maximum atomic E-state index is 9.43. The van der Waals surface area contributed by atoms with E-state index in [0.717, 1.165) is 11.1 Å². The Kier molecular flexibility index (Phi) is 5.78. The molecule has 1 aliphatic carbocycles. The monoisotopic (exact) mass is 422 g/mol. The molecule has 6 rings (SSSR count). The third kappa shape index (κ3) is 4.05. The number of benzene rings is 4. The molecule has 0 fully saturated rings. The summed E-state index contributed by atoms with van der Waals surface area (Å²) in [6.45, 7) is 0. The van der Waals surface area contributed by atoms with Crippen molar-refractivity contribution in [3.05, 3.63) is 150 Å². The molecule has 0 unspecified atom stereocenters. The first kappa shape index (κ1) is 20.4. The van der Waals surface area contributed by atoms with Gasteiger partial charge >= 0.3 is 0 Å². The zero-order chi connectivity index (χ0) is 22.5. The number of nitriles is 1. The van der Waals surface area contributed by atoms with Crippen molar-refractivity contribution in [1.82, 2.24) is 4.98 Å². The molecule has 2 nitrogen and oxygen atoms in total. The minimum Gasteiger partial charge on any atom is -0.265 e. The second-order valence-corrected chi connectivity index (χ2v) is 7.91. The molecule has 0 bridgehead atoms. The Labute approximate surface area is 194 Å². The standard InChI is InChI=1S/C26H17N.C5H5N/c27-17-18-14-15-24(25(16-18)19-8-2-1-3-9-19)26-22-12-6-4-10-20(22)21-11-5-7-13-23(21)26;1-2-4-6-5-3-1/h1-16,26H;1-5H. The molecule has 4 aromatic carbocycles. The summed E-state index contributed by atoms with van der Waals surface area (Å²) in [5.74, 6) is 0.181. The minimum atomic E-state index is 0.181. The van der Waals surface area contributed by atoms with Crippen molar-refractivity contribution >= 4 is 0 Å². The number of nitrogens with zero attached hydrogens (tertiary/aromatic N) is 2. The number of fused-ring (bicyclic) bond motifs is 3. The molecule has 1 heterocycles. The Morgan fingerprint density at radius 2 is 1.09 bits per heavy atom. The van der Waals surface area contributed by atoms with Crippen LogP contribution in [0.3, 0.4) is 0 Å². The Balaban J connectivity index is 0.000000332. The van der Waals surface area contributed by atoms with E-state index in [1.54, 1.807) is 12.4 Å². The predicted molar refractivity (Wildman–Crippen MR) is 134 cm³/mol. The topological polar surface area (TPSA) is 36.7 Å². The molecule has 2 heteroatoms. The Bertz CT molecular complexity index is 1340. The van der Waals surface area contributed by atoms with Crippen LogP contribution in [0.1, 0.15) is 28.2 Å². The predicted octanol–water partition coefficient (Wildman–Crippen LogP) is 7.47. The molecule has 0 amide bonds. The van der Waals surface area contributed by atoms with Crippen LogP contribution in [0.25, 0.3) is 22.3 Å². The van der Waals surface area contributed by atoms with Crippen LogP contribution in [0, 0.1) is 11.3 Å². The highest BCUT2D eigenvalue weighted by molar-refractivity contribution is 5.83. The summed E-state index contributed by atoms with van der Waals surface area (Å²) in [5.41, 5.74) is 9.50. The molecule has 0 N–H and O–H groups in total. The number of pyridine rings is 1. The van der Waals surface area contributed by atoms with Gasteiger partial charge in [0.2, 0.25) is 0 Å². The summed E-state index contributed by atoms with van der Waals surface area (Å²) in [6, 6.07) is 41.8. The molecule has 156 valence electrons. The maximum Gasteiger partial charge on any atom is 0.0991 e. The van der Waals surface area contributed by atoms with Gasteiger partial charge in [0.25, 0.3) is 0 Å². The van der Waals surface area contributed by atoms with Gasteiger partial charge in [-0.2, -0.15) is 5.26 Å². The van der Waals surface area contributed by atoms with Crippen molar-refractivity contribution in [1.29, 1.82) is 5.26 Å². The molecule has 33 heavy (non-hydrogen) atoms. The molecule has 0 spiro atoms. The fraction of sp³-hybridized carbons (Fsp3) is 0.0323. The van der Waals surface area contributed by atoms with Gasteiger partial charge in [-0.15, -0.1) is 0 Å². The van der Waals surface area contributed by atoms with Crippen molar-refractivity contribution in [2.45, 2.75) is 5.92 Å². The lowest BCUT2D eigenvalue weighted by atomic mass is 9.84. The van der Waals surface area contributed by atoms with E-state index in [2.05, 4.69) is 89.9 Å². The van der Waals surface area contributed by atoms with Gasteiger partial charge in [0.15, 0.2) is 0 Å². The van der Waals surface area contributed by atoms with E-state index < -0.39 is 0 Å². The zero-order valence-electron chi connectivity index (χ0n) is 18.1. The van der Waals surface area contributed by atoms with Crippen molar-refractivity contribution in [2.24, 2.45) is 0 Å². The van der Waals surface area contributed by atoms with Crippen molar-refractivity contribution in [3.8, 4) is 28.3 Å². The van der Waals surface area contributed by atoms with Gasteiger partial charge in [0.1, 0.15) is 0 Å². The highest BCUT2D eigenvalue weighted by Gasteiger charge is 2.30. The van der Waals surface area contributed by atoms with Crippen LogP contribution in [0.5, 0.6) is 0 Å². The second kappa shape index (κ2) is 9.34. The molecule has 0 saturated heterocycles. The van der Waals surface area contributed by atoms with Crippen LogP contribution < -0.4 is 0 Å². The number of hydrogen-bond donors (Lipinski definition) is 0. The first-order valence-electron chi connectivity index (χ1n) is 11.0. The summed E-state index contributed by atoms with van der Waals surface area (Å²) in [6.07, 6.45) is 3.50. The Hall–Kier alpha value is -4.48. The van der Waals surface area contributed by atoms with Crippen molar-refractivity contribution < 1.29 is 0 Å². The molecule has 0 radical (unpaired) electrons. The van der Waals surface area contributed by atoms with Crippen LogP contribution in [-0.2, 0) is 0 Å². The average molecular weight is 423 g/mol. The largest absolute Gasteiger partial charge is 0.265 e. The number of rotatable bonds is 2. The second-order valence-electron chi connectivity index (χ2n) is 7.91. The molecule has 5 aromatic rings. The van der Waals surface area contributed by atoms with Gasteiger partial charge in [0, 0.05) is 18.3 Å². The first-order valence-corrected chi connectivity index (χ1v) is 11.0. The molecular formula is C31H22N2. The zero-order valence-corrected chi connectivity index (χ0v) is 18.1. The number of aromatic nitrogens is 1. The highest BCUT2D eigenvalue weighted by atomic mass is 14.6. The van der Waals surface area contributed by atoms with Gasteiger partial charge in [-0.3, -0.25) is 4.98 Å². The SMILES string of the molecule is N#Cc1ccc(C2c3ccccc3-c3ccccc32)c(-c2ccccc2)c1.c1ccncc1. The van der Waals surface area contributed by atoms with Crippen LogP contribution in [0.15, 0.2) is 128 Å². The van der Waals surface area contributed by atoms with Gasteiger partial charge in [0.05, 0.1) is 11.6 Å². The van der Waals surface area contributed by atoms with E-state index in [-0.39, 0.29) is 5.92 Å². The summed E-state index contributed by atoms with van der Waals surface area (Å²) < 4.78 is 0. The van der Waals surface area contributed by atoms with Gasteiger partial charge < -0.3 is 0 Å². The summed E-state index contributed by atoms with van der Waals surface area (Å²) in [4.78, 5) is 3.78. The van der Waals surface area contributed by atoms with Gasteiger partial charge in [-0.05, 0) is 63.2 Å². The van der Waals surface area contributed by atoms with E-state index in [1.807, 2.05) is 36.4 Å². The molecular weight excluding hydrogens is 400 g/mol. The fourth-order valence-corrected chi connectivity index (χ4v) is 4.55. The van der Waals surface area contributed by atoms with Crippen LogP contribution in [0.4, 0.5) is 0 Å². The summed E-state index contributed by atoms with van der Waals surface area (Å²) >= 11 is 0. The van der Waals surface area contributed by atoms with Gasteiger partial charge in [-0.25, -0.2) is 0 Å². The lowest BCUT2D eigenvalue weighted by molar-refractivity contribution is 1.02. The van der Waals surface area contributed by atoms with E-state index in [9.17, 15) is 5.26 Å². The third-order valence-electron chi connectivity index (χ3n) is 5.98.